The van der Waals surface area contributed by atoms with Gasteiger partial charge in [-0.15, -0.1) is 11.3 Å². The molecule has 0 spiro atoms. The maximum Gasteiger partial charge on any atom is 0.308 e. The molecule has 0 radical (unpaired) electrons. The summed E-state index contributed by atoms with van der Waals surface area (Å²) in [5.41, 5.74) is 1.80. The van der Waals surface area contributed by atoms with Crippen LogP contribution >= 0.6 is 11.3 Å². The van der Waals surface area contributed by atoms with E-state index in [0.29, 0.717) is 5.92 Å². The molecule has 3 rings (SSSR count). The van der Waals surface area contributed by atoms with Gasteiger partial charge in [0, 0.05) is 17.0 Å². The Hall–Kier alpha value is -1.75. The normalized spacial score (nSPS) is 14.7. The molecule has 18 heavy (non-hydrogen) atoms. The van der Waals surface area contributed by atoms with Crippen LogP contribution in [0.4, 0.5) is 0 Å². The van der Waals surface area contributed by atoms with Crippen molar-refractivity contribution in [2.24, 2.45) is 0 Å². The van der Waals surface area contributed by atoms with Gasteiger partial charge in [-0.3, -0.25) is 9.78 Å². The third-order valence-corrected chi connectivity index (χ3v) is 3.98. The van der Waals surface area contributed by atoms with Crippen molar-refractivity contribution in [1.29, 1.82) is 0 Å². The van der Waals surface area contributed by atoms with Gasteiger partial charge in [-0.1, -0.05) is 6.07 Å². The van der Waals surface area contributed by atoms with E-state index in [9.17, 15) is 4.79 Å². The highest BCUT2D eigenvalue weighted by Gasteiger charge is 2.30. The van der Waals surface area contributed by atoms with E-state index in [2.05, 4.69) is 9.97 Å². The van der Waals surface area contributed by atoms with Crippen LogP contribution in [0.25, 0.3) is 10.7 Å². The molecule has 0 aromatic carbocycles. The van der Waals surface area contributed by atoms with Crippen LogP contribution in [0.3, 0.4) is 0 Å². The molecular formula is C13H12N2O2S. The van der Waals surface area contributed by atoms with E-state index in [0.717, 1.165) is 34.1 Å². The van der Waals surface area contributed by atoms with Gasteiger partial charge in [-0.25, -0.2) is 4.98 Å². The van der Waals surface area contributed by atoms with Gasteiger partial charge in [0.1, 0.15) is 5.01 Å². The molecule has 1 N–H and O–H groups in total. The summed E-state index contributed by atoms with van der Waals surface area (Å²) >= 11 is 1.45. The summed E-state index contributed by atoms with van der Waals surface area (Å²) in [6.07, 6.45) is 4.04. The van der Waals surface area contributed by atoms with Gasteiger partial charge in [0.15, 0.2) is 0 Å². The summed E-state index contributed by atoms with van der Waals surface area (Å²) in [7, 11) is 0. The summed E-state index contributed by atoms with van der Waals surface area (Å²) < 4.78 is 0. The van der Waals surface area contributed by atoms with Crippen LogP contribution in [0, 0.1) is 0 Å². The van der Waals surface area contributed by atoms with Gasteiger partial charge in [0.25, 0.3) is 0 Å². The Morgan fingerprint density at radius 2 is 2.28 bits per heavy atom. The Balaban J connectivity index is 1.99. The predicted octanol–water partition coefficient (Wildman–Crippen LogP) is 2.71. The number of carboxylic acids is 1. The smallest absolute Gasteiger partial charge is 0.308 e. The molecule has 92 valence electrons. The summed E-state index contributed by atoms with van der Waals surface area (Å²) in [6.45, 7) is 0. The second-order valence-corrected chi connectivity index (χ2v) is 5.47. The van der Waals surface area contributed by atoms with E-state index >= 15 is 0 Å². The number of rotatable bonds is 4. The molecular weight excluding hydrogens is 248 g/mol. The minimum absolute atomic E-state index is 0.0658. The number of carboxylic acid groups (broad SMARTS) is 1. The van der Waals surface area contributed by atoms with E-state index in [4.69, 9.17) is 5.11 Å². The van der Waals surface area contributed by atoms with Gasteiger partial charge in [0.2, 0.25) is 0 Å². The molecule has 2 aromatic heterocycles. The Labute approximate surface area is 108 Å². The van der Waals surface area contributed by atoms with Crippen molar-refractivity contribution < 1.29 is 9.90 Å². The molecule has 1 aliphatic carbocycles. The number of hydrogen-bond donors (Lipinski definition) is 1. The average molecular weight is 260 g/mol. The Bertz CT molecular complexity index is 576. The molecule has 0 bridgehead atoms. The summed E-state index contributed by atoms with van der Waals surface area (Å²) in [5, 5.41) is 9.76. The molecule has 1 saturated carbocycles. The topological polar surface area (TPSA) is 63.1 Å². The van der Waals surface area contributed by atoms with Crippen LogP contribution in [-0.4, -0.2) is 21.0 Å². The molecule has 1 aliphatic rings. The van der Waals surface area contributed by atoms with Crippen molar-refractivity contribution in [3.05, 3.63) is 35.0 Å². The molecule has 2 heterocycles. The SMILES string of the molecule is O=C(O)Cc1sc(-c2ccccn2)nc1C1CC1. The molecule has 0 atom stereocenters. The lowest BCUT2D eigenvalue weighted by atomic mass is 10.2. The van der Waals surface area contributed by atoms with Crippen LogP contribution in [0.1, 0.15) is 29.3 Å². The van der Waals surface area contributed by atoms with Gasteiger partial charge < -0.3 is 5.11 Å². The zero-order chi connectivity index (χ0) is 12.5. The molecule has 5 heteroatoms. The van der Waals surface area contributed by atoms with Crippen LogP contribution in [0.2, 0.25) is 0 Å². The Morgan fingerprint density at radius 1 is 1.44 bits per heavy atom. The van der Waals surface area contributed by atoms with Crippen molar-refractivity contribution in [1.82, 2.24) is 9.97 Å². The molecule has 1 fully saturated rings. The van der Waals surface area contributed by atoms with E-state index in [1.807, 2.05) is 18.2 Å². The van der Waals surface area contributed by atoms with Gasteiger partial charge in [0.05, 0.1) is 17.8 Å². The van der Waals surface area contributed by atoms with Gasteiger partial charge in [-0.2, -0.15) is 0 Å². The van der Waals surface area contributed by atoms with E-state index < -0.39 is 5.97 Å². The first-order valence-corrected chi connectivity index (χ1v) is 6.68. The zero-order valence-electron chi connectivity index (χ0n) is 9.67. The average Bonchev–Trinajstić information content (AvgIpc) is 3.12. The fraction of sp³-hybridized carbons (Fsp3) is 0.308. The van der Waals surface area contributed by atoms with E-state index in [1.165, 1.54) is 11.3 Å². The number of carbonyl (C=O) groups is 1. The second-order valence-electron chi connectivity index (χ2n) is 4.39. The van der Waals surface area contributed by atoms with Crippen molar-refractivity contribution in [3.63, 3.8) is 0 Å². The number of thiazole rings is 1. The lowest BCUT2D eigenvalue weighted by molar-refractivity contribution is -0.136. The van der Waals surface area contributed by atoms with Crippen LogP contribution in [0.5, 0.6) is 0 Å². The first-order chi connectivity index (χ1) is 8.74. The molecule has 2 aromatic rings. The maximum absolute atomic E-state index is 10.9. The molecule has 0 saturated heterocycles. The second kappa shape index (κ2) is 4.49. The number of hydrogen-bond acceptors (Lipinski definition) is 4. The minimum atomic E-state index is -0.798. The fourth-order valence-corrected chi connectivity index (χ4v) is 3.02. The Kier molecular flexibility index (Phi) is 2.83. The maximum atomic E-state index is 10.9. The number of aromatic nitrogens is 2. The fourth-order valence-electron chi connectivity index (χ4n) is 1.90. The van der Waals surface area contributed by atoms with Crippen LogP contribution in [0.15, 0.2) is 24.4 Å². The van der Waals surface area contributed by atoms with E-state index in [-0.39, 0.29) is 6.42 Å². The van der Waals surface area contributed by atoms with Crippen molar-refractivity contribution in [3.8, 4) is 10.7 Å². The number of nitrogens with zero attached hydrogens (tertiary/aromatic N) is 2. The van der Waals surface area contributed by atoms with Crippen LogP contribution < -0.4 is 0 Å². The van der Waals surface area contributed by atoms with Crippen LogP contribution in [-0.2, 0) is 11.2 Å². The largest absolute Gasteiger partial charge is 0.481 e. The van der Waals surface area contributed by atoms with Gasteiger partial charge in [-0.05, 0) is 25.0 Å². The first-order valence-electron chi connectivity index (χ1n) is 5.87. The molecule has 0 unspecified atom stereocenters. The van der Waals surface area contributed by atoms with Crippen molar-refractivity contribution in [2.75, 3.05) is 0 Å². The lowest BCUT2D eigenvalue weighted by Gasteiger charge is -1.94. The minimum Gasteiger partial charge on any atom is -0.481 e. The predicted molar refractivity (Wildman–Crippen MR) is 68.7 cm³/mol. The van der Waals surface area contributed by atoms with Crippen molar-refractivity contribution >= 4 is 17.3 Å². The number of aliphatic carboxylic acids is 1. The monoisotopic (exact) mass is 260 g/mol. The third kappa shape index (κ3) is 2.26. The molecule has 0 aliphatic heterocycles. The zero-order valence-corrected chi connectivity index (χ0v) is 10.5. The summed E-state index contributed by atoms with van der Waals surface area (Å²) in [6, 6.07) is 5.68. The summed E-state index contributed by atoms with van der Waals surface area (Å²) in [4.78, 5) is 20.6. The first kappa shape index (κ1) is 11.3. The molecule has 0 amide bonds. The standard InChI is InChI=1S/C13H12N2O2S/c16-11(17)7-10-12(8-4-5-8)15-13(18-10)9-3-1-2-6-14-9/h1-3,6,8H,4-5,7H2,(H,16,17). The number of pyridine rings is 1. The summed E-state index contributed by atoms with van der Waals surface area (Å²) in [5.74, 6) is -0.332. The van der Waals surface area contributed by atoms with E-state index in [1.54, 1.807) is 6.20 Å². The Morgan fingerprint density at radius 3 is 2.89 bits per heavy atom. The van der Waals surface area contributed by atoms with Gasteiger partial charge >= 0.3 is 5.97 Å². The highest BCUT2D eigenvalue weighted by atomic mass is 32.1. The highest BCUT2D eigenvalue weighted by molar-refractivity contribution is 7.15. The highest BCUT2D eigenvalue weighted by Crippen LogP contribution is 2.44. The third-order valence-electron chi connectivity index (χ3n) is 2.89. The lowest BCUT2D eigenvalue weighted by Crippen LogP contribution is -2.00. The molecule has 4 nitrogen and oxygen atoms in total. The quantitative estimate of drug-likeness (QED) is 0.918. The van der Waals surface area contributed by atoms with Crippen molar-refractivity contribution in [2.45, 2.75) is 25.2 Å².